The number of hydrogen-bond acceptors (Lipinski definition) is 2. The predicted octanol–water partition coefficient (Wildman–Crippen LogP) is 3.31. The number of carbonyl (C=O) groups is 1. The summed E-state index contributed by atoms with van der Waals surface area (Å²) in [6.45, 7) is 6.48. The van der Waals surface area contributed by atoms with Crippen LogP contribution in [0, 0.1) is 5.41 Å². The Balaban J connectivity index is 2.17. The first-order valence-electron chi connectivity index (χ1n) is 6.60. The summed E-state index contributed by atoms with van der Waals surface area (Å²) in [6, 6.07) is 0. The van der Waals surface area contributed by atoms with E-state index in [-0.39, 0.29) is 11.0 Å². The summed E-state index contributed by atoms with van der Waals surface area (Å²) in [4.78, 5) is 11.1. The lowest BCUT2D eigenvalue weighted by Crippen LogP contribution is -2.16. The van der Waals surface area contributed by atoms with Gasteiger partial charge in [-0.05, 0) is 38.0 Å². The van der Waals surface area contributed by atoms with Crippen molar-refractivity contribution in [2.75, 3.05) is 0 Å². The molecule has 0 radical (unpaired) electrons. The highest BCUT2D eigenvalue weighted by Gasteiger charge is 2.52. The Morgan fingerprint density at radius 2 is 2.17 bits per heavy atom. The summed E-state index contributed by atoms with van der Waals surface area (Å²) in [6.07, 6.45) is 9.46. The predicted molar refractivity (Wildman–Crippen MR) is 70.4 cm³/mol. The van der Waals surface area contributed by atoms with E-state index in [2.05, 4.69) is 26.8 Å². The Kier molecular flexibility index (Phi) is 3.37. The molecule has 3 heteroatoms. The van der Waals surface area contributed by atoms with E-state index in [9.17, 15) is 4.79 Å². The van der Waals surface area contributed by atoms with Crippen molar-refractivity contribution < 1.29 is 14.6 Å². The molecule has 100 valence electrons. The monoisotopic (exact) mass is 250 g/mol. The number of rotatable bonds is 1. The quantitative estimate of drug-likeness (QED) is 0.573. The molecule has 0 spiro atoms. The van der Waals surface area contributed by atoms with Crippen LogP contribution in [0.25, 0.3) is 0 Å². The second-order valence-electron chi connectivity index (χ2n) is 6.29. The van der Waals surface area contributed by atoms with Gasteiger partial charge in [-0.3, -0.25) is 0 Å². The second kappa shape index (κ2) is 4.54. The van der Waals surface area contributed by atoms with E-state index >= 15 is 0 Å². The first-order chi connectivity index (χ1) is 8.32. The SMILES string of the molecule is CC1(C)C=CCC(C(=O)O)=CCC[C@]2(C)O[C@H]2C1. The van der Waals surface area contributed by atoms with Crippen LogP contribution < -0.4 is 0 Å². The lowest BCUT2D eigenvalue weighted by Gasteiger charge is -2.19. The number of hydrogen-bond donors (Lipinski definition) is 1. The maximum absolute atomic E-state index is 11.1. The molecule has 3 nitrogen and oxygen atoms in total. The van der Waals surface area contributed by atoms with Gasteiger partial charge in [0.2, 0.25) is 0 Å². The molecule has 1 N–H and O–H groups in total. The van der Waals surface area contributed by atoms with E-state index in [0.29, 0.717) is 18.1 Å². The summed E-state index contributed by atoms with van der Waals surface area (Å²) < 4.78 is 5.80. The first kappa shape index (κ1) is 13.3. The molecule has 0 amide bonds. The fraction of sp³-hybridized carbons (Fsp3) is 0.667. The van der Waals surface area contributed by atoms with Crippen molar-refractivity contribution >= 4 is 5.97 Å². The standard InChI is InChI=1S/C15H22O3/c1-14(2)8-4-6-11(13(16)17)7-5-9-15(3)12(10-14)18-15/h4,7-8,12H,5-6,9-10H2,1-3H3,(H,16,17)/t12-,15-/m0/s1. The molecule has 0 aromatic heterocycles. The van der Waals surface area contributed by atoms with Gasteiger partial charge in [0.25, 0.3) is 0 Å². The maximum atomic E-state index is 11.1. The molecule has 1 aliphatic heterocycles. The molecule has 0 aromatic carbocycles. The molecule has 1 heterocycles. The molecule has 0 saturated carbocycles. The third kappa shape index (κ3) is 3.02. The molecule has 2 rings (SSSR count). The normalized spacial score (nSPS) is 35.1. The average Bonchev–Trinajstić information content (AvgIpc) is 2.84. The van der Waals surface area contributed by atoms with E-state index in [4.69, 9.17) is 9.84 Å². The zero-order chi connectivity index (χ0) is 13.4. The maximum Gasteiger partial charge on any atom is 0.331 e. The van der Waals surface area contributed by atoms with Crippen molar-refractivity contribution in [3.63, 3.8) is 0 Å². The smallest absolute Gasteiger partial charge is 0.331 e. The van der Waals surface area contributed by atoms with Crippen LogP contribution in [0.1, 0.15) is 46.5 Å². The van der Waals surface area contributed by atoms with E-state index in [1.165, 1.54) is 0 Å². The molecule has 0 unspecified atom stereocenters. The van der Waals surface area contributed by atoms with E-state index in [1.807, 2.05) is 12.2 Å². The summed E-state index contributed by atoms with van der Waals surface area (Å²) in [5, 5.41) is 9.12. The van der Waals surface area contributed by atoms with Gasteiger partial charge in [0, 0.05) is 5.57 Å². The van der Waals surface area contributed by atoms with Gasteiger partial charge in [0.15, 0.2) is 0 Å². The number of fused-ring (bicyclic) bond motifs is 1. The van der Waals surface area contributed by atoms with Gasteiger partial charge in [-0.15, -0.1) is 0 Å². The number of carboxylic acid groups (broad SMARTS) is 1. The largest absolute Gasteiger partial charge is 0.478 e. The molecule has 1 aliphatic carbocycles. The van der Waals surface area contributed by atoms with Crippen molar-refractivity contribution in [1.29, 1.82) is 0 Å². The fourth-order valence-electron chi connectivity index (χ4n) is 2.61. The molecule has 2 aliphatic rings. The number of allylic oxidation sites excluding steroid dienone is 3. The van der Waals surface area contributed by atoms with E-state index in [0.717, 1.165) is 19.3 Å². The Bertz CT molecular complexity index is 406. The minimum absolute atomic E-state index is 0.0461. The first-order valence-corrected chi connectivity index (χ1v) is 6.60. The van der Waals surface area contributed by atoms with Crippen molar-refractivity contribution in [2.24, 2.45) is 5.41 Å². The van der Waals surface area contributed by atoms with Crippen LogP contribution in [0.15, 0.2) is 23.8 Å². The highest BCUT2D eigenvalue weighted by Crippen LogP contribution is 2.46. The number of carboxylic acids is 1. The molecular weight excluding hydrogens is 228 g/mol. The van der Waals surface area contributed by atoms with Gasteiger partial charge in [-0.2, -0.15) is 0 Å². The van der Waals surface area contributed by atoms with Crippen LogP contribution in [0.3, 0.4) is 0 Å². The molecule has 0 aromatic rings. The Hall–Kier alpha value is -1.09. The van der Waals surface area contributed by atoms with Crippen LogP contribution in [-0.4, -0.2) is 22.8 Å². The lowest BCUT2D eigenvalue weighted by molar-refractivity contribution is -0.132. The Morgan fingerprint density at radius 1 is 1.44 bits per heavy atom. The van der Waals surface area contributed by atoms with Crippen molar-refractivity contribution in [3.05, 3.63) is 23.8 Å². The van der Waals surface area contributed by atoms with E-state index < -0.39 is 5.97 Å². The van der Waals surface area contributed by atoms with Crippen LogP contribution >= 0.6 is 0 Å². The molecule has 1 saturated heterocycles. The molecule has 18 heavy (non-hydrogen) atoms. The highest BCUT2D eigenvalue weighted by molar-refractivity contribution is 5.86. The minimum Gasteiger partial charge on any atom is -0.478 e. The summed E-state index contributed by atoms with van der Waals surface area (Å²) in [5.74, 6) is -0.810. The minimum atomic E-state index is -0.810. The molecule has 2 atom stereocenters. The summed E-state index contributed by atoms with van der Waals surface area (Å²) >= 11 is 0. The van der Waals surface area contributed by atoms with Crippen LogP contribution in [0.2, 0.25) is 0 Å². The van der Waals surface area contributed by atoms with Gasteiger partial charge < -0.3 is 9.84 Å². The summed E-state index contributed by atoms with van der Waals surface area (Å²) in [7, 11) is 0. The fourth-order valence-corrected chi connectivity index (χ4v) is 2.61. The summed E-state index contributed by atoms with van der Waals surface area (Å²) in [5.41, 5.74) is 0.510. The van der Waals surface area contributed by atoms with Crippen molar-refractivity contribution in [3.8, 4) is 0 Å². The highest BCUT2D eigenvalue weighted by atomic mass is 16.6. The topological polar surface area (TPSA) is 49.8 Å². The second-order valence-corrected chi connectivity index (χ2v) is 6.29. The van der Waals surface area contributed by atoms with Gasteiger partial charge in [0.05, 0.1) is 11.7 Å². The third-order valence-corrected chi connectivity index (χ3v) is 3.96. The number of epoxide rings is 1. The van der Waals surface area contributed by atoms with Gasteiger partial charge >= 0.3 is 5.97 Å². The van der Waals surface area contributed by atoms with Crippen LogP contribution in [-0.2, 0) is 9.53 Å². The molecular formula is C15H22O3. The number of ether oxygens (including phenoxy) is 1. The Labute approximate surface area is 109 Å². The average molecular weight is 250 g/mol. The Morgan fingerprint density at radius 3 is 2.83 bits per heavy atom. The van der Waals surface area contributed by atoms with Gasteiger partial charge in [-0.25, -0.2) is 4.79 Å². The molecule has 1 fully saturated rings. The van der Waals surface area contributed by atoms with Crippen LogP contribution in [0.5, 0.6) is 0 Å². The lowest BCUT2D eigenvalue weighted by atomic mass is 9.84. The van der Waals surface area contributed by atoms with Crippen LogP contribution in [0.4, 0.5) is 0 Å². The zero-order valence-electron chi connectivity index (χ0n) is 11.4. The zero-order valence-corrected chi connectivity index (χ0v) is 11.4. The van der Waals surface area contributed by atoms with E-state index in [1.54, 1.807) is 0 Å². The van der Waals surface area contributed by atoms with Crippen molar-refractivity contribution in [1.82, 2.24) is 0 Å². The van der Waals surface area contributed by atoms with Gasteiger partial charge in [0.1, 0.15) is 0 Å². The third-order valence-electron chi connectivity index (χ3n) is 3.96. The van der Waals surface area contributed by atoms with Gasteiger partial charge in [-0.1, -0.05) is 32.1 Å². The van der Waals surface area contributed by atoms with Crippen molar-refractivity contribution in [2.45, 2.75) is 58.2 Å². The number of aliphatic carboxylic acids is 1. The molecule has 0 bridgehead atoms.